The Kier molecular flexibility index (Phi) is 12.2. The maximum atomic E-state index is 10.8. The Bertz CT molecular complexity index is 814. The molecule has 0 aliphatic heterocycles. The summed E-state index contributed by atoms with van der Waals surface area (Å²) >= 11 is 0. The van der Waals surface area contributed by atoms with Crippen molar-refractivity contribution in [2.45, 2.75) is 144 Å². The summed E-state index contributed by atoms with van der Waals surface area (Å²) in [7, 11) is 0. The molecule has 8 atom stereocenters. The summed E-state index contributed by atoms with van der Waals surface area (Å²) in [6.07, 6.45) is 22.5. The first-order valence-corrected chi connectivity index (χ1v) is 16.7. The number of ether oxygens (including phenoxy) is 1. The second-order valence-electron chi connectivity index (χ2n) is 14.6. The second kappa shape index (κ2) is 14.7. The fraction of sp³-hybridized carbons (Fsp3) is 0.861. The van der Waals surface area contributed by atoms with Crippen LogP contribution in [0.2, 0.25) is 0 Å². The van der Waals surface area contributed by atoms with Crippen molar-refractivity contribution in [3.63, 3.8) is 0 Å². The minimum atomic E-state index is -0.113. The Morgan fingerprint density at radius 3 is 2.54 bits per heavy atom. The van der Waals surface area contributed by atoms with Gasteiger partial charge in [-0.1, -0.05) is 98.0 Å². The summed E-state index contributed by atoms with van der Waals surface area (Å²) in [6.45, 7) is 18.5. The van der Waals surface area contributed by atoms with E-state index in [1.54, 1.807) is 11.6 Å². The van der Waals surface area contributed by atoms with Crippen molar-refractivity contribution < 1.29 is 14.6 Å². The van der Waals surface area contributed by atoms with Gasteiger partial charge in [-0.25, -0.2) is 0 Å². The number of allylic oxidation sites excluding steroid dienone is 1. The molecule has 0 radical (unpaired) electrons. The zero-order valence-electron chi connectivity index (χ0n) is 26.5. The lowest BCUT2D eigenvalue weighted by atomic mass is 9.47. The molecule has 4 aliphatic rings. The van der Waals surface area contributed by atoms with Crippen molar-refractivity contribution in [3.05, 3.63) is 24.3 Å². The maximum Gasteiger partial charge on any atom is 0.306 e. The molecular formula is C36H62O3. The highest BCUT2D eigenvalue weighted by molar-refractivity contribution is 5.69. The number of aliphatic hydroxyl groups is 1. The molecule has 39 heavy (non-hydrogen) atoms. The fourth-order valence-corrected chi connectivity index (χ4v) is 9.41. The number of carbonyl (C=O) groups excluding carboxylic acids is 1. The average molecular weight is 543 g/mol. The molecule has 0 aromatic carbocycles. The predicted molar refractivity (Wildman–Crippen MR) is 164 cm³/mol. The molecule has 3 fully saturated rings. The highest BCUT2D eigenvalue weighted by Crippen LogP contribution is 2.67. The van der Waals surface area contributed by atoms with Crippen LogP contribution in [-0.4, -0.2) is 23.8 Å². The van der Waals surface area contributed by atoms with Gasteiger partial charge in [-0.05, 0) is 104 Å². The summed E-state index contributed by atoms with van der Waals surface area (Å²) < 4.78 is 4.78. The molecule has 3 heteroatoms. The standard InChI is InChI=1S/C27H46O.C9H16O2/c1-18(2)7-6-8-19(3)23-11-12-24-22-10-9-20-17-21(28)13-15-26(20,4)25(22)14-16-27(23,24)5;1-3-5-6-7-9(10)11-8-4-2/h9,18-19,21-25,28H,6-8,10-17H2,1-5H3;4H,2-3,5-8H2,1H3/t19?,21-,22-,23+,24-,25-,26-,27+;/m0./s1. The van der Waals surface area contributed by atoms with Gasteiger partial charge in [0.25, 0.3) is 0 Å². The van der Waals surface area contributed by atoms with E-state index in [1.165, 1.54) is 57.8 Å². The molecule has 4 aliphatic carbocycles. The van der Waals surface area contributed by atoms with Gasteiger partial charge in [-0.2, -0.15) is 0 Å². The number of hydrogen-bond donors (Lipinski definition) is 1. The number of aliphatic hydroxyl groups excluding tert-OH is 1. The summed E-state index contributed by atoms with van der Waals surface area (Å²) in [5.74, 6) is 5.34. The third-order valence-corrected chi connectivity index (χ3v) is 11.6. The molecule has 224 valence electrons. The summed E-state index contributed by atoms with van der Waals surface area (Å²) in [5, 5.41) is 10.2. The molecule has 0 spiro atoms. The average Bonchev–Trinajstić information content (AvgIpc) is 3.25. The molecule has 0 aromatic rings. The molecule has 3 nitrogen and oxygen atoms in total. The van der Waals surface area contributed by atoms with E-state index in [0.717, 1.165) is 67.6 Å². The molecule has 1 N–H and O–H groups in total. The molecular weight excluding hydrogens is 480 g/mol. The molecule has 4 rings (SSSR count). The van der Waals surface area contributed by atoms with Crippen molar-refractivity contribution in [3.8, 4) is 0 Å². The highest BCUT2D eigenvalue weighted by atomic mass is 16.5. The molecule has 1 unspecified atom stereocenters. The van der Waals surface area contributed by atoms with Gasteiger partial charge in [0, 0.05) is 6.42 Å². The number of rotatable bonds is 11. The van der Waals surface area contributed by atoms with Gasteiger partial charge in [0.1, 0.15) is 6.61 Å². The van der Waals surface area contributed by atoms with Crippen LogP contribution in [0.3, 0.4) is 0 Å². The van der Waals surface area contributed by atoms with Crippen LogP contribution in [0.15, 0.2) is 24.3 Å². The Hall–Kier alpha value is -1.09. The van der Waals surface area contributed by atoms with E-state index < -0.39 is 0 Å². The van der Waals surface area contributed by atoms with Crippen LogP contribution >= 0.6 is 0 Å². The largest absolute Gasteiger partial charge is 0.461 e. The van der Waals surface area contributed by atoms with Gasteiger partial charge in [0.05, 0.1) is 6.10 Å². The number of hydrogen-bond acceptors (Lipinski definition) is 3. The third kappa shape index (κ3) is 7.81. The van der Waals surface area contributed by atoms with Gasteiger partial charge in [0.15, 0.2) is 0 Å². The van der Waals surface area contributed by atoms with Gasteiger partial charge in [-0.3, -0.25) is 4.79 Å². The van der Waals surface area contributed by atoms with E-state index >= 15 is 0 Å². The Morgan fingerprint density at radius 2 is 1.85 bits per heavy atom. The normalized spacial score (nSPS) is 36.0. The SMILES string of the molecule is C=CCOC(=O)CCCCC.CC(C)CCCC(C)[C@H]1CC[C@H]2[C@@H]3CC=C4C[C@@H](O)CC[C@]4(C)[C@H]3CC[C@]12C. The molecule has 0 bridgehead atoms. The first-order chi connectivity index (χ1) is 18.6. The van der Waals surface area contributed by atoms with E-state index in [-0.39, 0.29) is 12.1 Å². The van der Waals surface area contributed by atoms with Gasteiger partial charge in [0.2, 0.25) is 0 Å². The van der Waals surface area contributed by atoms with Crippen LogP contribution in [0.5, 0.6) is 0 Å². The van der Waals surface area contributed by atoms with E-state index in [9.17, 15) is 9.90 Å². The predicted octanol–water partition coefficient (Wildman–Crippen LogP) is 9.68. The monoisotopic (exact) mass is 542 g/mol. The Labute approximate surface area is 241 Å². The van der Waals surface area contributed by atoms with E-state index in [2.05, 4.69) is 54.2 Å². The molecule has 3 saturated carbocycles. The van der Waals surface area contributed by atoms with Crippen molar-refractivity contribution in [1.82, 2.24) is 0 Å². The van der Waals surface area contributed by atoms with Crippen LogP contribution < -0.4 is 0 Å². The van der Waals surface area contributed by atoms with E-state index in [1.807, 2.05) is 0 Å². The highest BCUT2D eigenvalue weighted by Gasteiger charge is 2.59. The van der Waals surface area contributed by atoms with Crippen LogP contribution in [0.1, 0.15) is 138 Å². The second-order valence-corrected chi connectivity index (χ2v) is 14.6. The smallest absolute Gasteiger partial charge is 0.306 e. The van der Waals surface area contributed by atoms with E-state index in [4.69, 9.17) is 4.74 Å². The Balaban J connectivity index is 0.000000325. The quantitative estimate of drug-likeness (QED) is 0.161. The van der Waals surface area contributed by atoms with Crippen LogP contribution in [0.25, 0.3) is 0 Å². The van der Waals surface area contributed by atoms with Crippen LogP contribution in [0, 0.1) is 46.3 Å². The van der Waals surface area contributed by atoms with E-state index in [0.29, 0.717) is 23.9 Å². The summed E-state index contributed by atoms with van der Waals surface area (Å²) in [4.78, 5) is 10.8. The number of fused-ring (bicyclic) bond motifs is 5. The minimum Gasteiger partial charge on any atom is -0.461 e. The van der Waals surface area contributed by atoms with Gasteiger partial charge < -0.3 is 9.84 Å². The summed E-state index contributed by atoms with van der Waals surface area (Å²) in [5.41, 5.74) is 2.60. The van der Waals surface area contributed by atoms with Gasteiger partial charge in [-0.15, -0.1) is 0 Å². The van der Waals surface area contributed by atoms with Gasteiger partial charge >= 0.3 is 5.97 Å². The zero-order chi connectivity index (χ0) is 28.6. The third-order valence-electron chi connectivity index (χ3n) is 11.6. The number of esters is 1. The lowest BCUT2D eigenvalue weighted by Crippen LogP contribution is -2.50. The van der Waals surface area contributed by atoms with Crippen molar-refractivity contribution in [1.29, 1.82) is 0 Å². The lowest BCUT2D eigenvalue weighted by Gasteiger charge is -2.58. The fourth-order valence-electron chi connectivity index (χ4n) is 9.41. The first-order valence-electron chi connectivity index (χ1n) is 16.7. The molecule has 0 amide bonds. The number of unbranched alkanes of at least 4 members (excludes halogenated alkanes) is 2. The first kappa shape index (κ1) is 32.4. The van der Waals surface area contributed by atoms with Crippen molar-refractivity contribution in [2.75, 3.05) is 6.61 Å². The van der Waals surface area contributed by atoms with Crippen molar-refractivity contribution >= 4 is 5.97 Å². The molecule has 0 heterocycles. The lowest BCUT2D eigenvalue weighted by molar-refractivity contribution is -0.142. The Morgan fingerprint density at radius 1 is 1.08 bits per heavy atom. The maximum absolute atomic E-state index is 10.8. The van der Waals surface area contributed by atoms with Crippen molar-refractivity contribution in [2.24, 2.45) is 46.3 Å². The van der Waals surface area contributed by atoms with Crippen LogP contribution in [0.4, 0.5) is 0 Å². The topological polar surface area (TPSA) is 46.5 Å². The molecule has 0 saturated heterocycles. The zero-order valence-corrected chi connectivity index (χ0v) is 26.5. The molecule has 0 aromatic heterocycles. The minimum absolute atomic E-state index is 0.0766. The van der Waals surface area contributed by atoms with Crippen LogP contribution in [-0.2, 0) is 9.53 Å². The number of carbonyl (C=O) groups is 1. The summed E-state index contributed by atoms with van der Waals surface area (Å²) in [6, 6.07) is 0.